The number of ether oxygens (including phenoxy) is 2. The monoisotopic (exact) mass is 334 g/mol. The quantitative estimate of drug-likeness (QED) is 0.917. The van der Waals surface area contributed by atoms with E-state index in [9.17, 15) is 8.78 Å². The van der Waals surface area contributed by atoms with E-state index >= 15 is 0 Å². The predicted octanol–water partition coefficient (Wildman–Crippen LogP) is 2.48. The molecule has 1 saturated heterocycles. The SMILES string of the molecule is Cl.FC(F)C[C@H](c1ccc2c(c1)OCCO2)N1CCNCC1. The molecule has 0 radical (unpaired) electrons. The summed E-state index contributed by atoms with van der Waals surface area (Å²) in [6.45, 7) is 4.28. The average molecular weight is 335 g/mol. The van der Waals surface area contributed by atoms with Crippen LogP contribution in [0.3, 0.4) is 0 Å². The fraction of sp³-hybridized carbons (Fsp3) is 0.600. The zero-order chi connectivity index (χ0) is 14.7. The molecule has 0 aliphatic carbocycles. The van der Waals surface area contributed by atoms with Gasteiger partial charge < -0.3 is 14.8 Å². The summed E-state index contributed by atoms with van der Waals surface area (Å²) in [5, 5.41) is 3.25. The van der Waals surface area contributed by atoms with Gasteiger partial charge in [-0.1, -0.05) is 6.07 Å². The zero-order valence-electron chi connectivity index (χ0n) is 12.3. The van der Waals surface area contributed by atoms with Crippen LogP contribution in [0.5, 0.6) is 11.5 Å². The van der Waals surface area contributed by atoms with Crippen LogP contribution >= 0.6 is 12.4 Å². The van der Waals surface area contributed by atoms with E-state index in [0.717, 1.165) is 31.7 Å². The van der Waals surface area contributed by atoms with Gasteiger partial charge in [-0.2, -0.15) is 0 Å². The lowest BCUT2D eigenvalue weighted by Crippen LogP contribution is -2.45. The summed E-state index contributed by atoms with van der Waals surface area (Å²) in [5.74, 6) is 1.36. The number of rotatable bonds is 4. The van der Waals surface area contributed by atoms with Crippen molar-refractivity contribution in [3.8, 4) is 11.5 Å². The fourth-order valence-electron chi connectivity index (χ4n) is 2.93. The molecule has 0 unspecified atom stereocenters. The number of alkyl halides is 2. The van der Waals surface area contributed by atoms with Crippen molar-refractivity contribution in [3.63, 3.8) is 0 Å². The van der Waals surface area contributed by atoms with E-state index < -0.39 is 6.43 Å². The van der Waals surface area contributed by atoms with E-state index in [2.05, 4.69) is 10.2 Å². The highest BCUT2D eigenvalue weighted by Gasteiger charge is 2.26. The van der Waals surface area contributed by atoms with Gasteiger partial charge in [0.05, 0.1) is 0 Å². The van der Waals surface area contributed by atoms with Gasteiger partial charge in [-0.05, 0) is 17.7 Å². The first kappa shape index (κ1) is 17.2. The molecular weight excluding hydrogens is 314 g/mol. The van der Waals surface area contributed by atoms with Crippen LogP contribution < -0.4 is 14.8 Å². The zero-order valence-corrected chi connectivity index (χ0v) is 13.1. The maximum Gasteiger partial charge on any atom is 0.240 e. The Morgan fingerprint density at radius 2 is 1.77 bits per heavy atom. The van der Waals surface area contributed by atoms with Crippen molar-refractivity contribution < 1.29 is 18.3 Å². The van der Waals surface area contributed by atoms with E-state index in [1.165, 1.54) is 0 Å². The first-order valence-electron chi connectivity index (χ1n) is 7.36. The molecule has 2 heterocycles. The number of halogens is 3. The molecule has 22 heavy (non-hydrogen) atoms. The molecule has 0 saturated carbocycles. The van der Waals surface area contributed by atoms with Crippen LogP contribution in [0.4, 0.5) is 8.78 Å². The minimum absolute atomic E-state index is 0. The van der Waals surface area contributed by atoms with Gasteiger partial charge >= 0.3 is 0 Å². The van der Waals surface area contributed by atoms with E-state index in [1.807, 2.05) is 18.2 Å². The molecule has 1 aromatic rings. The highest BCUT2D eigenvalue weighted by atomic mass is 35.5. The molecule has 0 spiro atoms. The molecule has 0 amide bonds. The van der Waals surface area contributed by atoms with Crippen molar-refractivity contribution in [3.05, 3.63) is 23.8 Å². The lowest BCUT2D eigenvalue weighted by Gasteiger charge is -2.35. The van der Waals surface area contributed by atoms with Crippen LogP contribution in [0.15, 0.2) is 18.2 Å². The third-order valence-electron chi connectivity index (χ3n) is 3.94. The lowest BCUT2D eigenvalue weighted by atomic mass is 10.0. The smallest absolute Gasteiger partial charge is 0.240 e. The van der Waals surface area contributed by atoms with Gasteiger partial charge in [-0.25, -0.2) is 8.78 Å². The van der Waals surface area contributed by atoms with E-state index in [4.69, 9.17) is 9.47 Å². The Bertz CT molecular complexity index is 485. The van der Waals surface area contributed by atoms with Crippen molar-refractivity contribution in [2.75, 3.05) is 39.4 Å². The Hall–Kier alpha value is -1.11. The number of hydrogen-bond donors (Lipinski definition) is 1. The third-order valence-corrected chi connectivity index (χ3v) is 3.94. The summed E-state index contributed by atoms with van der Waals surface area (Å²) in [4.78, 5) is 2.12. The molecule has 1 fully saturated rings. The standard InChI is InChI=1S/C15H20F2N2O2.ClH/c16-15(17)10-12(19-5-3-18-4-6-19)11-1-2-13-14(9-11)21-8-7-20-13;/h1-2,9,12,15,18H,3-8,10H2;1H/t12-;/m1./s1. The first-order chi connectivity index (χ1) is 10.2. The second-order valence-electron chi connectivity index (χ2n) is 5.33. The van der Waals surface area contributed by atoms with Crippen LogP contribution in [-0.2, 0) is 0 Å². The number of hydrogen-bond acceptors (Lipinski definition) is 4. The summed E-state index contributed by atoms with van der Waals surface area (Å²) < 4.78 is 37.0. The Morgan fingerprint density at radius 1 is 1.09 bits per heavy atom. The van der Waals surface area contributed by atoms with Crippen LogP contribution in [0.1, 0.15) is 18.0 Å². The Morgan fingerprint density at radius 3 is 2.45 bits per heavy atom. The normalized spacial score (nSPS) is 19.6. The van der Waals surface area contributed by atoms with E-state index in [0.29, 0.717) is 24.7 Å². The minimum Gasteiger partial charge on any atom is -0.486 e. The fourth-order valence-corrected chi connectivity index (χ4v) is 2.93. The summed E-state index contributed by atoms with van der Waals surface area (Å²) in [6.07, 6.45) is -2.47. The highest BCUT2D eigenvalue weighted by Crippen LogP contribution is 2.36. The number of fused-ring (bicyclic) bond motifs is 1. The number of piperazine rings is 1. The van der Waals surface area contributed by atoms with Crippen LogP contribution in [-0.4, -0.2) is 50.7 Å². The van der Waals surface area contributed by atoms with Crippen molar-refractivity contribution >= 4 is 12.4 Å². The van der Waals surface area contributed by atoms with Gasteiger partial charge in [-0.3, -0.25) is 4.90 Å². The van der Waals surface area contributed by atoms with Crippen molar-refractivity contribution in [1.29, 1.82) is 0 Å². The molecule has 1 atom stereocenters. The van der Waals surface area contributed by atoms with Crippen molar-refractivity contribution in [2.24, 2.45) is 0 Å². The molecule has 4 nitrogen and oxygen atoms in total. The molecule has 7 heteroatoms. The summed E-state index contributed by atoms with van der Waals surface area (Å²) >= 11 is 0. The second-order valence-corrected chi connectivity index (χ2v) is 5.33. The molecule has 1 N–H and O–H groups in total. The van der Waals surface area contributed by atoms with Crippen molar-refractivity contribution in [1.82, 2.24) is 10.2 Å². The first-order valence-corrected chi connectivity index (χ1v) is 7.36. The second kappa shape index (κ2) is 7.94. The molecule has 2 aliphatic rings. The Kier molecular flexibility index (Phi) is 6.23. The Balaban J connectivity index is 0.00000176. The van der Waals surface area contributed by atoms with Gasteiger partial charge in [0, 0.05) is 38.6 Å². The van der Waals surface area contributed by atoms with Gasteiger partial charge in [0.2, 0.25) is 6.43 Å². The molecule has 0 aromatic heterocycles. The minimum atomic E-state index is -2.32. The number of nitrogens with one attached hydrogen (secondary N) is 1. The summed E-state index contributed by atoms with van der Waals surface area (Å²) in [6, 6.07) is 5.28. The maximum atomic E-state index is 13.0. The summed E-state index contributed by atoms with van der Waals surface area (Å²) in [5.41, 5.74) is 0.876. The largest absolute Gasteiger partial charge is 0.486 e. The van der Waals surface area contributed by atoms with Crippen molar-refractivity contribution in [2.45, 2.75) is 18.9 Å². The maximum absolute atomic E-state index is 13.0. The highest BCUT2D eigenvalue weighted by molar-refractivity contribution is 5.85. The molecule has 0 bridgehead atoms. The third kappa shape index (κ3) is 4.00. The molecule has 2 aliphatic heterocycles. The molecule has 1 aromatic carbocycles. The van der Waals surface area contributed by atoms with Crippen LogP contribution in [0, 0.1) is 0 Å². The van der Waals surface area contributed by atoms with Gasteiger partial charge in [0.15, 0.2) is 11.5 Å². The predicted molar refractivity (Wildman–Crippen MR) is 82.5 cm³/mol. The van der Waals surface area contributed by atoms with Gasteiger partial charge in [-0.15, -0.1) is 12.4 Å². The lowest BCUT2D eigenvalue weighted by molar-refractivity contribution is 0.0736. The topological polar surface area (TPSA) is 33.7 Å². The average Bonchev–Trinajstić information content (AvgIpc) is 2.53. The summed E-state index contributed by atoms with van der Waals surface area (Å²) in [7, 11) is 0. The van der Waals surface area contributed by atoms with Gasteiger partial charge in [0.1, 0.15) is 13.2 Å². The number of nitrogens with zero attached hydrogens (tertiary/aromatic N) is 1. The molecular formula is C15H21ClF2N2O2. The van der Waals surface area contributed by atoms with E-state index in [1.54, 1.807) is 0 Å². The van der Waals surface area contributed by atoms with E-state index in [-0.39, 0.29) is 24.9 Å². The molecule has 124 valence electrons. The van der Waals surface area contributed by atoms with Crippen LogP contribution in [0.25, 0.3) is 0 Å². The number of benzene rings is 1. The van der Waals surface area contributed by atoms with Crippen LogP contribution in [0.2, 0.25) is 0 Å². The van der Waals surface area contributed by atoms with Gasteiger partial charge in [0.25, 0.3) is 0 Å². The Labute approximate surface area is 135 Å². The molecule has 3 rings (SSSR count).